The minimum absolute atomic E-state index is 0.164. The number of aromatic hydroxyl groups is 2. The normalized spacial score (nSPS) is 9.87. The van der Waals surface area contributed by atoms with Gasteiger partial charge in [0, 0.05) is 5.56 Å². The summed E-state index contributed by atoms with van der Waals surface area (Å²) in [6.45, 7) is 0. The van der Waals surface area contributed by atoms with Crippen LogP contribution >= 0.6 is 0 Å². The Morgan fingerprint density at radius 3 is 2.33 bits per heavy atom. The molecule has 0 spiro atoms. The Labute approximate surface area is 83.4 Å². The highest BCUT2D eigenvalue weighted by Gasteiger charge is 2.19. The molecule has 0 aliphatic rings. The Morgan fingerprint density at radius 1 is 1.33 bits per heavy atom. The molecule has 7 heteroatoms. The third-order valence-electron chi connectivity index (χ3n) is 1.71. The number of carboxylic acid groups (broad SMARTS) is 1. The number of phenols is 2. The minimum atomic E-state index is -1.26. The lowest BCUT2D eigenvalue weighted by Crippen LogP contribution is -2.03. The summed E-state index contributed by atoms with van der Waals surface area (Å²) in [6.07, 6.45) is -0.593. The first-order chi connectivity index (χ1) is 6.91. The van der Waals surface area contributed by atoms with Crippen molar-refractivity contribution in [1.29, 1.82) is 0 Å². The van der Waals surface area contributed by atoms with Crippen LogP contribution in [-0.4, -0.2) is 26.2 Å². The van der Waals surface area contributed by atoms with Crippen LogP contribution in [0.1, 0.15) is 5.56 Å². The molecule has 0 unspecified atom stereocenters. The molecule has 0 atom stereocenters. The van der Waals surface area contributed by atoms with E-state index in [0.29, 0.717) is 6.07 Å². The molecule has 0 aliphatic carbocycles. The zero-order valence-electron chi connectivity index (χ0n) is 7.38. The van der Waals surface area contributed by atoms with Crippen molar-refractivity contribution in [2.75, 3.05) is 0 Å². The first kappa shape index (κ1) is 10.8. The topological polar surface area (TPSA) is 121 Å². The highest BCUT2D eigenvalue weighted by molar-refractivity contribution is 5.73. The van der Waals surface area contributed by atoms with Crippen molar-refractivity contribution in [3.8, 4) is 11.5 Å². The van der Waals surface area contributed by atoms with Gasteiger partial charge >= 0.3 is 5.97 Å². The number of hydrogen-bond acceptors (Lipinski definition) is 5. The largest absolute Gasteiger partial charge is 0.504 e. The molecule has 0 saturated heterocycles. The van der Waals surface area contributed by atoms with Crippen LogP contribution in [0.3, 0.4) is 0 Å². The third kappa shape index (κ3) is 2.33. The Balaban J connectivity index is 3.28. The number of nitrogens with zero attached hydrogens (tertiary/aromatic N) is 1. The van der Waals surface area contributed by atoms with Gasteiger partial charge < -0.3 is 15.3 Å². The van der Waals surface area contributed by atoms with Crippen molar-refractivity contribution in [3.05, 3.63) is 27.8 Å². The SMILES string of the molecule is O=C(O)Cc1cc(O)c(O)cc1[N+](=O)[O-]. The number of benzene rings is 1. The lowest BCUT2D eigenvalue weighted by Gasteiger charge is -2.02. The van der Waals surface area contributed by atoms with Crippen molar-refractivity contribution in [3.63, 3.8) is 0 Å². The molecule has 0 amide bonds. The number of phenolic OH excluding ortho intramolecular Hbond substituents is 2. The lowest BCUT2D eigenvalue weighted by atomic mass is 10.1. The average molecular weight is 213 g/mol. The maximum atomic E-state index is 10.5. The molecule has 0 saturated carbocycles. The maximum Gasteiger partial charge on any atom is 0.308 e. The van der Waals surface area contributed by atoms with E-state index in [1.54, 1.807) is 0 Å². The molecule has 0 radical (unpaired) electrons. The van der Waals surface area contributed by atoms with E-state index < -0.39 is 34.5 Å². The first-order valence-corrected chi connectivity index (χ1v) is 3.83. The second-order valence-corrected chi connectivity index (χ2v) is 2.80. The molecule has 1 aromatic rings. The van der Waals surface area contributed by atoms with E-state index in [1.165, 1.54) is 0 Å². The molecule has 15 heavy (non-hydrogen) atoms. The number of aliphatic carboxylic acids is 1. The number of nitro benzene ring substituents is 1. The molecular weight excluding hydrogens is 206 g/mol. The first-order valence-electron chi connectivity index (χ1n) is 3.83. The molecule has 3 N–H and O–H groups in total. The van der Waals surface area contributed by atoms with Gasteiger partial charge in [0.2, 0.25) is 0 Å². The fraction of sp³-hybridized carbons (Fsp3) is 0.125. The van der Waals surface area contributed by atoms with Gasteiger partial charge in [-0.25, -0.2) is 0 Å². The van der Waals surface area contributed by atoms with Gasteiger partial charge in [-0.3, -0.25) is 14.9 Å². The summed E-state index contributed by atoms with van der Waals surface area (Å²) < 4.78 is 0. The zero-order chi connectivity index (χ0) is 11.6. The molecule has 1 aromatic carbocycles. The second-order valence-electron chi connectivity index (χ2n) is 2.80. The zero-order valence-corrected chi connectivity index (χ0v) is 7.38. The molecule has 0 heterocycles. The molecule has 1 rings (SSSR count). The summed E-state index contributed by atoms with van der Waals surface area (Å²) in [7, 11) is 0. The number of hydrogen-bond donors (Lipinski definition) is 3. The van der Waals surface area contributed by atoms with Crippen LogP contribution in [-0.2, 0) is 11.2 Å². The maximum absolute atomic E-state index is 10.5. The van der Waals surface area contributed by atoms with Crippen LogP contribution in [0, 0.1) is 10.1 Å². The van der Waals surface area contributed by atoms with Crippen LogP contribution in [0.25, 0.3) is 0 Å². The van der Waals surface area contributed by atoms with Gasteiger partial charge in [-0.15, -0.1) is 0 Å². The van der Waals surface area contributed by atoms with Crippen molar-refractivity contribution in [1.82, 2.24) is 0 Å². The predicted molar refractivity (Wildman–Crippen MR) is 47.8 cm³/mol. The third-order valence-corrected chi connectivity index (χ3v) is 1.71. The predicted octanol–water partition coefficient (Wildman–Crippen LogP) is 0.633. The highest BCUT2D eigenvalue weighted by atomic mass is 16.6. The smallest absolute Gasteiger partial charge is 0.308 e. The van der Waals surface area contributed by atoms with E-state index in [9.17, 15) is 14.9 Å². The van der Waals surface area contributed by atoms with E-state index in [1.807, 2.05) is 0 Å². The fourth-order valence-electron chi connectivity index (χ4n) is 1.08. The second kappa shape index (κ2) is 3.82. The van der Waals surface area contributed by atoms with Gasteiger partial charge in [0.25, 0.3) is 5.69 Å². The lowest BCUT2D eigenvalue weighted by molar-refractivity contribution is -0.385. The fourth-order valence-corrected chi connectivity index (χ4v) is 1.08. The van der Waals surface area contributed by atoms with E-state index in [2.05, 4.69) is 0 Å². The minimum Gasteiger partial charge on any atom is -0.504 e. The van der Waals surface area contributed by atoms with Crippen molar-refractivity contribution >= 4 is 11.7 Å². The van der Waals surface area contributed by atoms with E-state index in [0.717, 1.165) is 6.07 Å². The molecule has 0 aliphatic heterocycles. The summed E-state index contributed by atoms with van der Waals surface area (Å²) in [5.41, 5.74) is -0.699. The number of carbonyl (C=O) groups is 1. The Bertz CT molecular complexity index is 427. The molecule has 0 fully saturated rings. The van der Waals surface area contributed by atoms with Crippen molar-refractivity contribution < 1.29 is 25.0 Å². The van der Waals surface area contributed by atoms with Gasteiger partial charge in [-0.1, -0.05) is 0 Å². The van der Waals surface area contributed by atoms with E-state index in [4.69, 9.17) is 15.3 Å². The number of carboxylic acids is 1. The Morgan fingerprint density at radius 2 is 1.87 bits per heavy atom. The molecule has 0 bridgehead atoms. The number of rotatable bonds is 3. The molecular formula is C8H7NO6. The standard InChI is InChI=1S/C8H7NO6/c10-6-1-4(2-8(12)13)5(9(14)15)3-7(6)11/h1,3,10-11H,2H2,(H,12,13). The van der Waals surface area contributed by atoms with Crippen molar-refractivity contribution in [2.45, 2.75) is 6.42 Å². The van der Waals surface area contributed by atoms with Gasteiger partial charge in [-0.05, 0) is 6.07 Å². The number of nitro groups is 1. The summed E-state index contributed by atoms with van der Waals surface area (Å²) in [5, 5.41) is 37.0. The van der Waals surface area contributed by atoms with Gasteiger partial charge in [0.15, 0.2) is 11.5 Å². The highest BCUT2D eigenvalue weighted by Crippen LogP contribution is 2.32. The van der Waals surface area contributed by atoms with Crippen LogP contribution in [0.2, 0.25) is 0 Å². The molecule has 80 valence electrons. The Kier molecular flexibility index (Phi) is 2.75. The quantitative estimate of drug-likeness (QED) is 0.384. The van der Waals surface area contributed by atoms with E-state index in [-0.39, 0.29) is 5.56 Å². The summed E-state index contributed by atoms with van der Waals surface area (Å²) in [4.78, 5) is 20.0. The summed E-state index contributed by atoms with van der Waals surface area (Å²) in [5.74, 6) is -2.50. The van der Waals surface area contributed by atoms with Crippen LogP contribution in [0.4, 0.5) is 5.69 Å². The van der Waals surface area contributed by atoms with Crippen LogP contribution < -0.4 is 0 Å². The molecule has 0 aromatic heterocycles. The van der Waals surface area contributed by atoms with Crippen LogP contribution in [0.5, 0.6) is 11.5 Å². The monoisotopic (exact) mass is 213 g/mol. The van der Waals surface area contributed by atoms with Gasteiger partial charge in [0.1, 0.15) is 0 Å². The van der Waals surface area contributed by atoms with Gasteiger partial charge in [0.05, 0.1) is 17.4 Å². The van der Waals surface area contributed by atoms with E-state index >= 15 is 0 Å². The summed E-state index contributed by atoms with van der Waals surface area (Å²) in [6, 6.07) is 1.58. The Hall–Kier alpha value is -2.31. The van der Waals surface area contributed by atoms with Gasteiger partial charge in [-0.2, -0.15) is 0 Å². The van der Waals surface area contributed by atoms with Crippen molar-refractivity contribution in [2.24, 2.45) is 0 Å². The average Bonchev–Trinajstić information content (AvgIpc) is 2.09. The van der Waals surface area contributed by atoms with Crippen LogP contribution in [0.15, 0.2) is 12.1 Å². The summed E-state index contributed by atoms with van der Waals surface area (Å²) >= 11 is 0. The molecule has 7 nitrogen and oxygen atoms in total.